The van der Waals surface area contributed by atoms with Crippen molar-refractivity contribution in [2.75, 3.05) is 19.8 Å². The average molecular weight is 249 g/mol. The molecule has 0 aromatic rings. The van der Waals surface area contributed by atoms with Crippen molar-refractivity contribution in [3.05, 3.63) is 0 Å². The molecule has 0 aromatic heterocycles. The molecular weight excluding hydrogens is 226 g/mol. The van der Waals surface area contributed by atoms with Gasteiger partial charge in [0.25, 0.3) is 5.97 Å². The lowest BCUT2D eigenvalue weighted by atomic mass is 10.4. The summed E-state index contributed by atoms with van der Waals surface area (Å²) < 4.78 is 16.6. The van der Waals surface area contributed by atoms with E-state index in [0.29, 0.717) is 19.8 Å². The lowest BCUT2D eigenvalue weighted by Crippen LogP contribution is -2.39. The molecule has 96 valence electrons. The van der Waals surface area contributed by atoms with Crippen LogP contribution in [0, 0.1) is 5.41 Å². The number of nitrogens with one attached hydrogen (secondary N) is 1. The first-order valence-electron chi connectivity index (χ1n) is 5.61. The summed E-state index contributed by atoms with van der Waals surface area (Å²) in [5.74, 6) is -0.764. The van der Waals surface area contributed by atoms with E-state index in [9.17, 15) is 0 Å². The molecule has 0 aliphatic rings. The Morgan fingerprint density at radius 2 is 1.44 bits per heavy atom. The SMILES string of the molecule is CCOC(CC[SiH3])(OCC)OCC.N=C=O. The Hall–Kier alpha value is -0.523. The van der Waals surface area contributed by atoms with Crippen molar-refractivity contribution < 1.29 is 19.0 Å². The Labute approximate surface area is 100 Å². The predicted octanol–water partition coefficient (Wildman–Crippen LogP) is 0.824. The van der Waals surface area contributed by atoms with Gasteiger partial charge in [0.1, 0.15) is 0 Å². The molecule has 0 spiro atoms. The van der Waals surface area contributed by atoms with Gasteiger partial charge in [-0.3, -0.25) is 0 Å². The standard InChI is InChI=1S/C9H22O3Si.CHNO/c1-4-10-9(7-8-13,11-5-2)12-6-3;2-1-3/h4-8H2,1-3,13H3;2H. The molecule has 0 rings (SSSR count). The summed E-state index contributed by atoms with van der Waals surface area (Å²) in [5.41, 5.74) is 0. The van der Waals surface area contributed by atoms with Gasteiger partial charge in [-0.2, -0.15) is 0 Å². The summed E-state index contributed by atoms with van der Waals surface area (Å²) in [6, 6.07) is 1.12. The molecular formula is C10H23NO4Si. The maximum Gasteiger partial charge on any atom is 0.282 e. The van der Waals surface area contributed by atoms with Crippen LogP contribution in [0.3, 0.4) is 0 Å². The zero-order valence-corrected chi connectivity index (χ0v) is 12.7. The molecule has 1 N–H and O–H groups in total. The summed E-state index contributed by atoms with van der Waals surface area (Å²) >= 11 is 0. The Morgan fingerprint density at radius 1 is 1.12 bits per heavy atom. The van der Waals surface area contributed by atoms with Crippen LogP contribution in [0.4, 0.5) is 0 Å². The molecule has 0 bridgehead atoms. The third-order valence-corrected chi connectivity index (χ3v) is 2.15. The highest BCUT2D eigenvalue weighted by atomic mass is 28.1. The van der Waals surface area contributed by atoms with E-state index in [-0.39, 0.29) is 0 Å². The molecule has 5 nitrogen and oxygen atoms in total. The van der Waals surface area contributed by atoms with Gasteiger partial charge in [-0.15, -0.1) is 0 Å². The van der Waals surface area contributed by atoms with E-state index in [1.54, 1.807) is 0 Å². The summed E-state index contributed by atoms with van der Waals surface area (Å²) in [6.07, 6.45) is 1.59. The monoisotopic (exact) mass is 249 g/mol. The topological polar surface area (TPSA) is 68.6 Å². The predicted molar refractivity (Wildman–Crippen MR) is 65.4 cm³/mol. The zero-order chi connectivity index (χ0) is 12.9. The van der Waals surface area contributed by atoms with Crippen molar-refractivity contribution in [2.24, 2.45) is 0 Å². The maximum absolute atomic E-state index is 8.35. The third kappa shape index (κ3) is 8.76. The van der Waals surface area contributed by atoms with E-state index in [1.165, 1.54) is 0 Å². The number of carbonyl (C=O) groups excluding carboxylic acids is 1. The minimum absolute atomic E-state index is 0.627. The summed E-state index contributed by atoms with van der Waals surface area (Å²) in [5, 5.41) is 5.40. The fourth-order valence-corrected chi connectivity index (χ4v) is 1.92. The molecule has 0 aliphatic heterocycles. The van der Waals surface area contributed by atoms with Gasteiger partial charge < -0.3 is 14.2 Å². The lowest BCUT2D eigenvalue weighted by molar-refractivity contribution is -0.377. The van der Waals surface area contributed by atoms with Crippen molar-refractivity contribution in [3.63, 3.8) is 0 Å². The van der Waals surface area contributed by atoms with Crippen LogP contribution >= 0.6 is 0 Å². The number of ether oxygens (including phenoxy) is 3. The van der Waals surface area contributed by atoms with Gasteiger partial charge in [0, 0.05) is 36.5 Å². The summed E-state index contributed by atoms with van der Waals surface area (Å²) in [7, 11) is 1.15. The quantitative estimate of drug-likeness (QED) is 0.299. The molecule has 0 fully saturated rings. The molecule has 0 saturated heterocycles. The van der Waals surface area contributed by atoms with Gasteiger partial charge in [-0.05, 0) is 20.8 Å². The lowest BCUT2D eigenvalue weighted by Gasteiger charge is -2.31. The van der Waals surface area contributed by atoms with Crippen LogP contribution < -0.4 is 0 Å². The number of hydrogen-bond donors (Lipinski definition) is 1. The molecule has 0 radical (unpaired) electrons. The highest BCUT2D eigenvalue weighted by molar-refractivity contribution is 6.08. The zero-order valence-electron chi connectivity index (χ0n) is 10.7. The maximum atomic E-state index is 8.35. The van der Waals surface area contributed by atoms with E-state index < -0.39 is 5.97 Å². The number of rotatable bonds is 8. The van der Waals surface area contributed by atoms with Crippen molar-refractivity contribution >= 4 is 16.3 Å². The molecule has 0 aromatic carbocycles. The van der Waals surface area contributed by atoms with Gasteiger partial charge in [0.2, 0.25) is 6.08 Å². The normalized spacial score (nSPS) is 10.4. The molecule has 0 amide bonds. The molecule has 0 unspecified atom stereocenters. The summed E-state index contributed by atoms with van der Waals surface area (Å²) in [6.45, 7) is 7.75. The minimum atomic E-state index is -0.764. The van der Waals surface area contributed by atoms with Gasteiger partial charge in [0.15, 0.2) is 0 Å². The smallest absolute Gasteiger partial charge is 0.282 e. The highest BCUT2D eigenvalue weighted by Crippen LogP contribution is 2.21. The first-order valence-corrected chi connectivity index (χ1v) is 7.03. The number of hydrogen-bond acceptors (Lipinski definition) is 5. The van der Waals surface area contributed by atoms with Crippen molar-refractivity contribution in [3.8, 4) is 0 Å². The van der Waals surface area contributed by atoms with Crippen molar-refractivity contribution in [2.45, 2.75) is 39.2 Å². The van der Waals surface area contributed by atoms with Crippen molar-refractivity contribution in [1.82, 2.24) is 0 Å². The van der Waals surface area contributed by atoms with Crippen LogP contribution in [0.15, 0.2) is 0 Å². The van der Waals surface area contributed by atoms with E-state index in [0.717, 1.165) is 28.8 Å². The van der Waals surface area contributed by atoms with Gasteiger partial charge >= 0.3 is 0 Å². The van der Waals surface area contributed by atoms with Crippen LogP contribution in [-0.2, 0) is 19.0 Å². The van der Waals surface area contributed by atoms with Crippen LogP contribution in [0.5, 0.6) is 0 Å². The minimum Gasteiger partial charge on any atom is -0.328 e. The Balaban J connectivity index is 0. The third-order valence-electron chi connectivity index (χ3n) is 1.65. The first kappa shape index (κ1) is 17.9. The van der Waals surface area contributed by atoms with Gasteiger partial charge in [0.05, 0.1) is 0 Å². The second-order valence-corrected chi connectivity index (χ2v) is 3.83. The second-order valence-electron chi connectivity index (χ2n) is 2.83. The molecule has 0 heterocycles. The van der Waals surface area contributed by atoms with Crippen LogP contribution in [-0.4, -0.2) is 42.1 Å². The Bertz CT molecular complexity index is 154. The highest BCUT2D eigenvalue weighted by Gasteiger charge is 2.30. The molecule has 0 atom stereocenters. The average Bonchev–Trinajstić information content (AvgIpc) is 2.20. The number of isocyanates is 1. The van der Waals surface area contributed by atoms with Crippen LogP contribution in [0.25, 0.3) is 0 Å². The Kier molecular flexibility index (Phi) is 14.0. The van der Waals surface area contributed by atoms with Crippen LogP contribution in [0.2, 0.25) is 6.04 Å². The van der Waals surface area contributed by atoms with Crippen molar-refractivity contribution in [1.29, 1.82) is 5.41 Å². The van der Waals surface area contributed by atoms with E-state index >= 15 is 0 Å². The molecule has 0 aliphatic carbocycles. The molecule has 0 saturated carbocycles. The first-order chi connectivity index (χ1) is 7.66. The Morgan fingerprint density at radius 3 is 1.62 bits per heavy atom. The summed E-state index contributed by atoms with van der Waals surface area (Å²) in [4.78, 5) is 8.35. The largest absolute Gasteiger partial charge is 0.328 e. The fraction of sp³-hybridized carbons (Fsp3) is 0.900. The second kappa shape index (κ2) is 12.5. The van der Waals surface area contributed by atoms with E-state index in [1.807, 2.05) is 20.8 Å². The van der Waals surface area contributed by atoms with Gasteiger partial charge in [-0.1, -0.05) is 6.04 Å². The molecule has 6 heteroatoms. The van der Waals surface area contributed by atoms with E-state index in [4.69, 9.17) is 24.4 Å². The molecule has 16 heavy (non-hydrogen) atoms. The van der Waals surface area contributed by atoms with Crippen LogP contribution in [0.1, 0.15) is 27.2 Å². The van der Waals surface area contributed by atoms with Gasteiger partial charge in [-0.25, -0.2) is 10.2 Å². The van der Waals surface area contributed by atoms with E-state index in [2.05, 4.69) is 0 Å². The fourth-order valence-electron chi connectivity index (χ4n) is 1.31.